The SMILES string of the molecule is CCC1CCCC1Nc1ccc(Br)cc1OC(F)(F)F. The van der Waals surface area contributed by atoms with Crippen LogP contribution < -0.4 is 10.1 Å². The molecule has 2 unspecified atom stereocenters. The molecule has 0 saturated heterocycles. The van der Waals surface area contributed by atoms with E-state index in [0.29, 0.717) is 16.1 Å². The molecule has 1 fully saturated rings. The van der Waals surface area contributed by atoms with Crippen molar-refractivity contribution in [2.45, 2.75) is 45.0 Å². The smallest absolute Gasteiger partial charge is 0.404 e. The first-order valence-electron chi connectivity index (χ1n) is 6.71. The number of alkyl halides is 3. The van der Waals surface area contributed by atoms with Gasteiger partial charge in [0.25, 0.3) is 0 Å². The topological polar surface area (TPSA) is 21.3 Å². The molecule has 0 bridgehead atoms. The summed E-state index contributed by atoms with van der Waals surface area (Å²) in [5.74, 6) is 0.325. The number of hydrogen-bond acceptors (Lipinski definition) is 2. The normalized spacial score (nSPS) is 22.9. The summed E-state index contributed by atoms with van der Waals surface area (Å²) in [6.45, 7) is 2.11. The van der Waals surface area contributed by atoms with Gasteiger partial charge in [-0.3, -0.25) is 0 Å². The Balaban J connectivity index is 2.18. The number of hydrogen-bond donors (Lipinski definition) is 1. The molecule has 1 aliphatic carbocycles. The number of anilines is 1. The van der Waals surface area contributed by atoms with Gasteiger partial charge in [-0.05, 0) is 37.0 Å². The van der Waals surface area contributed by atoms with Crippen molar-refractivity contribution in [2.24, 2.45) is 5.92 Å². The maximum Gasteiger partial charge on any atom is 0.573 e. The fourth-order valence-electron chi connectivity index (χ4n) is 2.74. The molecule has 0 heterocycles. The lowest BCUT2D eigenvalue weighted by Crippen LogP contribution is -2.25. The van der Waals surface area contributed by atoms with Crippen LogP contribution in [0.25, 0.3) is 0 Å². The second kappa shape index (κ2) is 6.24. The van der Waals surface area contributed by atoms with Gasteiger partial charge < -0.3 is 10.1 Å². The van der Waals surface area contributed by atoms with Crippen LogP contribution in [-0.4, -0.2) is 12.4 Å². The highest BCUT2D eigenvalue weighted by Gasteiger charge is 2.33. The Morgan fingerprint density at radius 1 is 1.35 bits per heavy atom. The van der Waals surface area contributed by atoms with Gasteiger partial charge in [-0.1, -0.05) is 35.7 Å². The molecule has 0 spiro atoms. The molecule has 0 aromatic heterocycles. The van der Waals surface area contributed by atoms with E-state index in [2.05, 4.69) is 32.9 Å². The molecule has 6 heteroatoms. The summed E-state index contributed by atoms with van der Waals surface area (Å²) < 4.78 is 42.0. The highest BCUT2D eigenvalue weighted by atomic mass is 79.9. The Morgan fingerprint density at radius 3 is 2.75 bits per heavy atom. The standard InChI is InChI=1S/C14H17BrF3NO/c1-2-9-4-3-5-11(9)19-12-7-6-10(15)8-13(12)20-14(16,17)18/h6-9,11,19H,2-5H2,1H3. The third-order valence-corrected chi connectivity index (χ3v) is 4.19. The Hall–Kier alpha value is -0.910. The van der Waals surface area contributed by atoms with Crippen LogP contribution in [0, 0.1) is 5.92 Å². The van der Waals surface area contributed by atoms with Gasteiger partial charge in [0, 0.05) is 10.5 Å². The van der Waals surface area contributed by atoms with E-state index in [-0.39, 0.29) is 11.8 Å². The summed E-state index contributed by atoms with van der Waals surface area (Å²) in [7, 11) is 0. The minimum absolute atomic E-state index is 0.186. The van der Waals surface area contributed by atoms with E-state index in [1.807, 2.05) is 0 Å². The summed E-state index contributed by atoms with van der Waals surface area (Å²) in [6.07, 6.45) is -0.428. The molecule has 1 saturated carbocycles. The van der Waals surface area contributed by atoms with Crippen LogP contribution in [-0.2, 0) is 0 Å². The third kappa shape index (κ3) is 4.04. The van der Waals surface area contributed by atoms with Crippen molar-refractivity contribution in [3.63, 3.8) is 0 Å². The lowest BCUT2D eigenvalue weighted by molar-refractivity contribution is -0.274. The van der Waals surface area contributed by atoms with Crippen molar-refractivity contribution in [1.29, 1.82) is 0 Å². The van der Waals surface area contributed by atoms with E-state index < -0.39 is 6.36 Å². The minimum atomic E-state index is -4.68. The summed E-state index contributed by atoms with van der Waals surface area (Å²) in [6, 6.07) is 4.89. The molecule has 1 aromatic carbocycles. The van der Waals surface area contributed by atoms with Crippen molar-refractivity contribution < 1.29 is 17.9 Å². The maximum absolute atomic E-state index is 12.4. The molecule has 0 amide bonds. The van der Waals surface area contributed by atoms with Crippen molar-refractivity contribution in [1.82, 2.24) is 0 Å². The monoisotopic (exact) mass is 351 g/mol. The number of halogens is 4. The van der Waals surface area contributed by atoms with E-state index in [4.69, 9.17) is 0 Å². The van der Waals surface area contributed by atoms with Crippen LogP contribution in [0.3, 0.4) is 0 Å². The maximum atomic E-state index is 12.4. The molecular formula is C14H17BrF3NO. The zero-order valence-electron chi connectivity index (χ0n) is 11.1. The van der Waals surface area contributed by atoms with Crippen LogP contribution in [0.4, 0.5) is 18.9 Å². The summed E-state index contributed by atoms with van der Waals surface area (Å²) in [5.41, 5.74) is 0.399. The Kier molecular flexibility index (Phi) is 4.83. The zero-order chi connectivity index (χ0) is 14.8. The zero-order valence-corrected chi connectivity index (χ0v) is 12.7. The number of benzene rings is 1. The van der Waals surface area contributed by atoms with Crippen LogP contribution in [0.2, 0.25) is 0 Å². The van der Waals surface area contributed by atoms with E-state index in [9.17, 15) is 13.2 Å². The molecule has 0 radical (unpaired) electrons. The number of ether oxygens (including phenoxy) is 1. The largest absolute Gasteiger partial charge is 0.573 e. The first-order chi connectivity index (χ1) is 9.39. The molecular weight excluding hydrogens is 335 g/mol. The Morgan fingerprint density at radius 2 is 2.10 bits per heavy atom. The highest BCUT2D eigenvalue weighted by Crippen LogP contribution is 2.37. The summed E-state index contributed by atoms with van der Waals surface area (Å²) in [4.78, 5) is 0. The van der Waals surface area contributed by atoms with Crippen LogP contribution in [0.15, 0.2) is 22.7 Å². The van der Waals surface area contributed by atoms with Crippen molar-refractivity contribution in [3.05, 3.63) is 22.7 Å². The average molecular weight is 352 g/mol. The summed E-state index contributed by atoms with van der Waals surface area (Å²) >= 11 is 3.17. The first kappa shape index (κ1) is 15.5. The molecule has 1 aliphatic rings. The lowest BCUT2D eigenvalue weighted by Gasteiger charge is -2.23. The fraction of sp³-hybridized carbons (Fsp3) is 0.571. The van der Waals surface area contributed by atoms with E-state index in [0.717, 1.165) is 25.7 Å². The summed E-state index contributed by atoms with van der Waals surface area (Å²) in [5, 5.41) is 3.21. The van der Waals surface area contributed by atoms with Crippen molar-refractivity contribution >= 4 is 21.6 Å². The van der Waals surface area contributed by atoms with Gasteiger partial charge in [0.1, 0.15) is 0 Å². The second-order valence-corrected chi connectivity index (χ2v) is 5.95. The van der Waals surface area contributed by atoms with Gasteiger partial charge in [-0.2, -0.15) is 0 Å². The molecule has 2 atom stereocenters. The van der Waals surface area contributed by atoms with Crippen molar-refractivity contribution in [2.75, 3.05) is 5.32 Å². The first-order valence-corrected chi connectivity index (χ1v) is 7.50. The number of nitrogens with one attached hydrogen (secondary N) is 1. The number of rotatable bonds is 4. The predicted molar refractivity (Wildman–Crippen MR) is 75.9 cm³/mol. The highest BCUT2D eigenvalue weighted by molar-refractivity contribution is 9.10. The average Bonchev–Trinajstić information content (AvgIpc) is 2.78. The van der Waals surface area contributed by atoms with Gasteiger partial charge >= 0.3 is 6.36 Å². The van der Waals surface area contributed by atoms with Gasteiger partial charge in [0.15, 0.2) is 5.75 Å². The van der Waals surface area contributed by atoms with Gasteiger partial charge in [-0.15, -0.1) is 13.2 Å². The van der Waals surface area contributed by atoms with Crippen molar-refractivity contribution in [3.8, 4) is 5.75 Å². The molecule has 1 N–H and O–H groups in total. The van der Waals surface area contributed by atoms with Gasteiger partial charge in [0.05, 0.1) is 5.69 Å². The van der Waals surface area contributed by atoms with Gasteiger partial charge in [-0.25, -0.2) is 0 Å². The van der Waals surface area contributed by atoms with E-state index in [1.54, 1.807) is 12.1 Å². The molecule has 2 nitrogen and oxygen atoms in total. The molecule has 0 aliphatic heterocycles. The predicted octanol–water partition coefficient (Wildman–Crippen LogP) is 5.34. The lowest BCUT2D eigenvalue weighted by atomic mass is 10.0. The Labute approximate surface area is 124 Å². The van der Waals surface area contributed by atoms with Crippen LogP contribution in [0.1, 0.15) is 32.6 Å². The fourth-order valence-corrected chi connectivity index (χ4v) is 3.08. The Bertz CT molecular complexity index is 464. The molecule has 112 valence electrons. The molecule has 2 rings (SSSR count). The molecule has 1 aromatic rings. The third-order valence-electron chi connectivity index (χ3n) is 3.69. The van der Waals surface area contributed by atoms with E-state index in [1.165, 1.54) is 6.07 Å². The van der Waals surface area contributed by atoms with Gasteiger partial charge in [0.2, 0.25) is 0 Å². The minimum Gasteiger partial charge on any atom is -0.404 e. The second-order valence-electron chi connectivity index (χ2n) is 5.04. The molecule has 20 heavy (non-hydrogen) atoms. The van der Waals surface area contributed by atoms with E-state index >= 15 is 0 Å². The quantitative estimate of drug-likeness (QED) is 0.790. The van der Waals surface area contributed by atoms with Crippen LogP contribution in [0.5, 0.6) is 5.75 Å². The van der Waals surface area contributed by atoms with Crippen LogP contribution >= 0.6 is 15.9 Å².